The van der Waals surface area contributed by atoms with Crippen molar-refractivity contribution in [3.63, 3.8) is 0 Å². The number of hydrogen-bond donors (Lipinski definition) is 0. The topological polar surface area (TPSA) is 4.93 Å². The van der Waals surface area contributed by atoms with Crippen molar-refractivity contribution in [3.8, 4) is 0 Å². The van der Waals surface area contributed by atoms with Gasteiger partial charge in [0.1, 0.15) is 0 Å². The van der Waals surface area contributed by atoms with Gasteiger partial charge in [0.2, 0.25) is 0 Å². The Hall–Kier alpha value is -1.24. The van der Waals surface area contributed by atoms with Crippen LogP contribution in [0.5, 0.6) is 0 Å². The maximum atomic E-state index is 2.43. The zero-order valence-electron chi connectivity index (χ0n) is 12.3. The summed E-state index contributed by atoms with van der Waals surface area (Å²) in [6.07, 6.45) is 12.8. The maximum Gasteiger partial charge on any atom is 0.0356 e. The summed E-state index contributed by atoms with van der Waals surface area (Å²) in [5, 5.41) is 3.12. The van der Waals surface area contributed by atoms with Gasteiger partial charge >= 0.3 is 0 Å². The SMILES string of the molecule is CC(C)(C)n1cc2c3c(c4c(c2c1)CCC4)CCC3. The zero-order valence-corrected chi connectivity index (χ0v) is 12.3. The number of aromatic nitrogens is 1. The minimum absolute atomic E-state index is 0.190. The van der Waals surface area contributed by atoms with E-state index in [0.717, 1.165) is 0 Å². The van der Waals surface area contributed by atoms with Crippen LogP contribution in [0.3, 0.4) is 0 Å². The quantitative estimate of drug-likeness (QED) is 0.657. The van der Waals surface area contributed by atoms with Crippen molar-refractivity contribution in [1.29, 1.82) is 0 Å². The first-order valence-electron chi connectivity index (χ1n) is 7.73. The van der Waals surface area contributed by atoms with Crippen LogP contribution in [-0.4, -0.2) is 4.57 Å². The second kappa shape index (κ2) is 3.65. The molecule has 4 rings (SSSR count). The highest BCUT2D eigenvalue weighted by atomic mass is 15.0. The zero-order chi connectivity index (χ0) is 13.2. The molecule has 2 aliphatic carbocycles. The van der Waals surface area contributed by atoms with E-state index < -0.39 is 0 Å². The van der Waals surface area contributed by atoms with Crippen LogP contribution in [0.15, 0.2) is 12.4 Å². The average Bonchev–Trinajstić information content (AvgIpc) is 3.06. The third-order valence-corrected chi connectivity index (χ3v) is 5.05. The van der Waals surface area contributed by atoms with Gasteiger partial charge in [0.05, 0.1) is 0 Å². The smallest absolute Gasteiger partial charge is 0.0356 e. The van der Waals surface area contributed by atoms with Crippen LogP contribution in [-0.2, 0) is 31.2 Å². The highest BCUT2D eigenvalue weighted by Gasteiger charge is 2.27. The highest BCUT2D eigenvalue weighted by Crippen LogP contribution is 2.41. The average molecular weight is 253 g/mol. The van der Waals surface area contributed by atoms with E-state index >= 15 is 0 Å². The summed E-state index contributed by atoms with van der Waals surface area (Å²) in [6.45, 7) is 6.89. The second-order valence-electron chi connectivity index (χ2n) is 7.28. The highest BCUT2D eigenvalue weighted by molar-refractivity contribution is 5.92. The van der Waals surface area contributed by atoms with Gasteiger partial charge in [0.25, 0.3) is 0 Å². The molecule has 0 amide bonds. The Morgan fingerprint density at radius 3 is 1.58 bits per heavy atom. The summed E-state index contributed by atoms with van der Waals surface area (Å²) < 4.78 is 2.43. The van der Waals surface area contributed by atoms with Gasteiger partial charge in [0, 0.05) is 28.7 Å². The molecule has 0 unspecified atom stereocenters. The van der Waals surface area contributed by atoms with Crippen LogP contribution < -0.4 is 0 Å². The van der Waals surface area contributed by atoms with E-state index in [1.807, 2.05) is 0 Å². The Morgan fingerprint density at radius 1 is 0.737 bits per heavy atom. The van der Waals surface area contributed by atoms with E-state index in [1.54, 1.807) is 33.0 Å². The number of aryl methyl sites for hydroxylation is 2. The van der Waals surface area contributed by atoms with Gasteiger partial charge in [-0.3, -0.25) is 0 Å². The van der Waals surface area contributed by atoms with E-state index in [0.29, 0.717) is 0 Å². The Kier molecular flexibility index (Phi) is 2.23. The molecular weight excluding hydrogens is 230 g/mol. The van der Waals surface area contributed by atoms with Crippen LogP contribution in [0, 0.1) is 0 Å². The van der Waals surface area contributed by atoms with Gasteiger partial charge in [-0.1, -0.05) is 0 Å². The molecule has 1 aromatic carbocycles. The molecule has 0 spiro atoms. The van der Waals surface area contributed by atoms with Gasteiger partial charge in [-0.25, -0.2) is 0 Å². The van der Waals surface area contributed by atoms with Crippen molar-refractivity contribution in [2.24, 2.45) is 0 Å². The molecule has 0 atom stereocenters. The standard InChI is InChI=1S/C18H23N/c1-18(2,3)19-10-16-14-8-4-6-12(14)13-7-5-9-15(13)17(16)11-19/h10-11H,4-9H2,1-3H3. The fraction of sp³-hybridized carbons (Fsp3) is 0.556. The molecule has 0 saturated carbocycles. The fourth-order valence-electron chi connectivity index (χ4n) is 4.07. The molecule has 19 heavy (non-hydrogen) atoms. The minimum Gasteiger partial charge on any atom is -0.348 e. The minimum atomic E-state index is 0.190. The van der Waals surface area contributed by atoms with E-state index in [-0.39, 0.29) is 5.54 Å². The molecule has 0 aliphatic heterocycles. The summed E-state index contributed by atoms with van der Waals surface area (Å²) in [7, 11) is 0. The number of nitrogens with zero attached hydrogens (tertiary/aromatic N) is 1. The van der Waals surface area contributed by atoms with Crippen molar-refractivity contribution < 1.29 is 0 Å². The van der Waals surface area contributed by atoms with Crippen LogP contribution in [0.1, 0.15) is 55.9 Å². The Morgan fingerprint density at radius 2 is 1.16 bits per heavy atom. The van der Waals surface area contributed by atoms with Crippen molar-refractivity contribution in [2.45, 2.75) is 64.8 Å². The number of benzene rings is 1. The lowest BCUT2D eigenvalue weighted by Gasteiger charge is -2.20. The molecule has 0 bridgehead atoms. The summed E-state index contributed by atoms with van der Waals surface area (Å²) in [4.78, 5) is 0. The third kappa shape index (κ3) is 1.54. The molecule has 1 heterocycles. The monoisotopic (exact) mass is 253 g/mol. The molecule has 2 aliphatic rings. The van der Waals surface area contributed by atoms with Crippen molar-refractivity contribution in [3.05, 3.63) is 34.6 Å². The third-order valence-electron chi connectivity index (χ3n) is 5.05. The van der Waals surface area contributed by atoms with E-state index in [1.165, 1.54) is 38.5 Å². The Balaban J connectivity index is 2.08. The lowest BCUT2D eigenvalue weighted by molar-refractivity contribution is 0.399. The molecule has 0 saturated heterocycles. The Labute approximate surface area is 115 Å². The van der Waals surface area contributed by atoms with Gasteiger partial charge in [-0.15, -0.1) is 0 Å². The molecule has 0 N–H and O–H groups in total. The van der Waals surface area contributed by atoms with Crippen LogP contribution >= 0.6 is 0 Å². The van der Waals surface area contributed by atoms with E-state index in [9.17, 15) is 0 Å². The van der Waals surface area contributed by atoms with Crippen molar-refractivity contribution in [1.82, 2.24) is 4.57 Å². The Bertz CT molecular complexity index is 616. The molecule has 1 aromatic heterocycles. The summed E-state index contributed by atoms with van der Waals surface area (Å²) >= 11 is 0. The second-order valence-corrected chi connectivity index (χ2v) is 7.28. The summed E-state index contributed by atoms with van der Waals surface area (Å²) in [6, 6.07) is 0. The number of fused-ring (bicyclic) bond motifs is 6. The maximum absolute atomic E-state index is 2.43. The lowest BCUT2D eigenvalue weighted by Crippen LogP contribution is -2.19. The molecule has 1 heteroatoms. The van der Waals surface area contributed by atoms with Gasteiger partial charge in [-0.05, 0) is 81.5 Å². The molecule has 0 radical (unpaired) electrons. The number of hydrogen-bond acceptors (Lipinski definition) is 0. The summed E-state index contributed by atoms with van der Waals surface area (Å²) in [5.74, 6) is 0. The van der Waals surface area contributed by atoms with Crippen LogP contribution in [0.4, 0.5) is 0 Å². The lowest BCUT2D eigenvalue weighted by atomic mass is 9.94. The van der Waals surface area contributed by atoms with Crippen LogP contribution in [0.25, 0.3) is 10.8 Å². The first-order chi connectivity index (χ1) is 9.05. The van der Waals surface area contributed by atoms with Gasteiger partial charge < -0.3 is 4.57 Å². The summed E-state index contributed by atoms with van der Waals surface area (Å²) in [5.41, 5.74) is 7.01. The van der Waals surface area contributed by atoms with E-state index in [4.69, 9.17) is 0 Å². The first kappa shape index (κ1) is 11.6. The van der Waals surface area contributed by atoms with Gasteiger partial charge in [0.15, 0.2) is 0 Å². The predicted octanol–water partition coefficient (Wildman–Crippen LogP) is 4.37. The molecule has 1 nitrogen and oxygen atoms in total. The van der Waals surface area contributed by atoms with E-state index in [2.05, 4.69) is 37.7 Å². The largest absolute Gasteiger partial charge is 0.348 e. The van der Waals surface area contributed by atoms with Crippen molar-refractivity contribution in [2.75, 3.05) is 0 Å². The first-order valence-corrected chi connectivity index (χ1v) is 7.73. The fourth-order valence-corrected chi connectivity index (χ4v) is 4.07. The van der Waals surface area contributed by atoms with Crippen molar-refractivity contribution >= 4 is 10.8 Å². The molecular formula is C18H23N. The molecule has 0 fully saturated rings. The predicted molar refractivity (Wildman–Crippen MR) is 81.0 cm³/mol. The molecule has 100 valence electrons. The van der Waals surface area contributed by atoms with Gasteiger partial charge in [-0.2, -0.15) is 0 Å². The number of rotatable bonds is 0. The normalized spacial score (nSPS) is 18.1. The van der Waals surface area contributed by atoms with Crippen LogP contribution in [0.2, 0.25) is 0 Å². The molecule has 2 aromatic rings.